The van der Waals surface area contributed by atoms with E-state index in [1.807, 2.05) is 6.92 Å². The molecule has 0 aliphatic carbocycles. The Bertz CT molecular complexity index is 474. The molecule has 7 nitrogen and oxygen atoms in total. The van der Waals surface area contributed by atoms with Crippen LogP contribution in [0.3, 0.4) is 0 Å². The van der Waals surface area contributed by atoms with E-state index in [-0.39, 0.29) is 22.7 Å². The summed E-state index contributed by atoms with van der Waals surface area (Å²) in [6, 6.07) is 2.49. The minimum Gasteiger partial charge on any atom is -0.493 e. The van der Waals surface area contributed by atoms with Gasteiger partial charge in [0, 0.05) is 25.7 Å². The standard InChI is InChI=1S/C13H17NO6/c1-3-19-5-4-6-20-13-8-11(14(16)17)10(9-15)7-12(13)18-2/h7-9H,3-6H2,1-2H3. The third-order valence-corrected chi connectivity index (χ3v) is 2.53. The van der Waals surface area contributed by atoms with E-state index in [9.17, 15) is 14.9 Å². The van der Waals surface area contributed by atoms with Gasteiger partial charge in [-0.1, -0.05) is 0 Å². The average Bonchev–Trinajstić information content (AvgIpc) is 2.46. The topological polar surface area (TPSA) is 87.9 Å². The predicted molar refractivity (Wildman–Crippen MR) is 71.6 cm³/mol. The number of nitrogens with zero attached hydrogens (tertiary/aromatic N) is 1. The van der Waals surface area contributed by atoms with Crippen LogP contribution in [0.15, 0.2) is 12.1 Å². The molecule has 0 radical (unpaired) electrons. The summed E-state index contributed by atoms with van der Waals surface area (Å²) in [6.45, 7) is 3.41. The van der Waals surface area contributed by atoms with Crippen molar-refractivity contribution in [3.05, 3.63) is 27.8 Å². The molecule has 1 aromatic carbocycles. The van der Waals surface area contributed by atoms with Gasteiger partial charge in [0.25, 0.3) is 5.69 Å². The molecule has 20 heavy (non-hydrogen) atoms. The Morgan fingerprint density at radius 2 is 2.05 bits per heavy atom. The highest BCUT2D eigenvalue weighted by atomic mass is 16.6. The monoisotopic (exact) mass is 283 g/mol. The SMILES string of the molecule is CCOCCCOc1cc([N+](=O)[O-])c(C=O)cc1OC. The Balaban J connectivity index is 2.85. The van der Waals surface area contributed by atoms with E-state index in [0.717, 1.165) is 0 Å². The van der Waals surface area contributed by atoms with Crippen LogP contribution >= 0.6 is 0 Å². The maximum atomic E-state index is 10.9. The summed E-state index contributed by atoms with van der Waals surface area (Å²) in [5.41, 5.74) is -0.353. The lowest BCUT2D eigenvalue weighted by molar-refractivity contribution is -0.385. The van der Waals surface area contributed by atoms with Crippen LogP contribution in [0.25, 0.3) is 0 Å². The second kappa shape index (κ2) is 8.11. The van der Waals surface area contributed by atoms with Crippen molar-refractivity contribution in [2.45, 2.75) is 13.3 Å². The van der Waals surface area contributed by atoms with Gasteiger partial charge < -0.3 is 14.2 Å². The van der Waals surface area contributed by atoms with Crippen molar-refractivity contribution in [1.29, 1.82) is 0 Å². The highest BCUT2D eigenvalue weighted by Crippen LogP contribution is 2.34. The van der Waals surface area contributed by atoms with E-state index in [2.05, 4.69) is 0 Å². The van der Waals surface area contributed by atoms with Crippen LogP contribution in [0.5, 0.6) is 11.5 Å². The summed E-state index contributed by atoms with van der Waals surface area (Å²) in [5.74, 6) is 0.524. The highest BCUT2D eigenvalue weighted by molar-refractivity contribution is 5.83. The van der Waals surface area contributed by atoms with Gasteiger partial charge in [0.15, 0.2) is 17.8 Å². The van der Waals surface area contributed by atoms with Gasteiger partial charge in [-0.2, -0.15) is 0 Å². The summed E-state index contributed by atoms with van der Waals surface area (Å²) in [5, 5.41) is 10.9. The number of nitro groups is 1. The maximum Gasteiger partial charge on any atom is 0.283 e. The van der Waals surface area contributed by atoms with Crippen molar-refractivity contribution < 1.29 is 23.9 Å². The quantitative estimate of drug-likeness (QED) is 0.299. The Morgan fingerprint density at radius 3 is 2.60 bits per heavy atom. The summed E-state index contributed by atoms with van der Waals surface area (Å²) >= 11 is 0. The fraction of sp³-hybridized carbons (Fsp3) is 0.462. The molecule has 0 aromatic heterocycles. The molecule has 110 valence electrons. The van der Waals surface area contributed by atoms with Crippen LogP contribution in [0.2, 0.25) is 0 Å². The molecule has 0 amide bonds. The first kappa shape index (κ1) is 15.9. The smallest absolute Gasteiger partial charge is 0.283 e. The molecule has 0 aliphatic heterocycles. The van der Waals surface area contributed by atoms with E-state index in [0.29, 0.717) is 32.5 Å². The van der Waals surface area contributed by atoms with Gasteiger partial charge in [-0.25, -0.2) is 0 Å². The van der Waals surface area contributed by atoms with Crippen molar-refractivity contribution in [2.75, 3.05) is 26.9 Å². The van der Waals surface area contributed by atoms with E-state index in [1.165, 1.54) is 19.2 Å². The number of nitro benzene ring substituents is 1. The average molecular weight is 283 g/mol. The van der Waals surface area contributed by atoms with E-state index in [4.69, 9.17) is 14.2 Å². The molecule has 0 N–H and O–H groups in total. The van der Waals surface area contributed by atoms with Crippen LogP contribution < -0.4 is 9.47 Å². The lowest BCUT2D eigenvalue weighted by Gasteiger charge is -2.11. The number of hydrogen-bond donors (Lipinski definition) is 0. The first-order valence-electron chi connectivity index (χ1n) is 6.16. The number of hydrogen-bond acceptors (Lipinski definition) is 6. The number of ether oxygens (including phenoxy) is 3. The molecule has 0 atom stereocenters. The molecule has 7 heteroatoms. The summed E-state index contributed by atoms with van der Waals surface area (Å²) < 4.78 is 15.7. The summed E-state index contributed by atoms with van der Waals surface area (Å²) in [7, 11) is 1.41. The Morgan fingerprint density at radius 1 is 1.30 bits per heavy atom. The van der Waals surface area contributed by atoms with E-state index < -0.39 is 4.92 Å². The zero-order chi connectivity index (χ0) is 15.0. The molecule has 0 saturated heterocycles. The molecule has 0 bridgehead atoms. The second-order valence-corrected chi connectivity index (χ2v) is 3.84. The van der Waals surface area contributed by atoms with Gasteiger partial charge in [-0.15, -0.1) is 0 Å². The molecule has 1 rings (SSSR count). The molecule has 0 fully saturated rings. The van der Waals surface area contributed by atoms with E-state index >= 15 is 0 Å². The Kier molecular flexibility index (Phi) is 6.45. The summed E-state index contributed by atoms with van der Waals surface area (Å²) in [4.78, 5) is 21.1. The molecule has 0 saturated carbocycles. The third-order valence-electron chi connectivity index (χ3n) is 2.53. The van der Waals surface area contributed by atoms with Gasteiger partial charge in [-0.05, 0) is 6.92 Å². The van der Waals surface area contributed by atoms with Gasteiger partial charge in [0.2, 0.25) is 0 Å². The number of aldehydes is 1. The number of methoxy groups -OCH3 is 1. The lowest BCUT2D eigenvalue weighted by Crippen LogP contribution is -2.05. The number of carbonyl (C=O) groups is 1. The summed E-state index contributed by atoms with van der Waals surface area (Å²) in [6.07, 6.45) is 1.07. The molecule has 0 unspecified atom stereocenters. The van der Waals surface area contributed by atoms with Gasteiger partial charge >= 0.3 is 0 Å². The fourth-order valence-electron chi connectivity index (χ4n) is 1.58. The van der Waals surface area contributed by atoms with E-state index in [1.54, 1.807) is 0 Å². The second-order valence-electron chi connectivity index (χ2n) is 3.84. The number of carbonyl (C=O) groups excluding carboxylic acids is 1. The Hall–Kier alpha value is -2.15. The van der Waals surface area contributed by atoms with Crippen LogP contribution in [0, 0.1) is 10.1 Å². The van der Waals surface area contributed by atoms with Gasteiger partial charge in [0.05, 0.1) is 30.3 Å². The van der Waals surface area contributed by atoms with Crippen LogP contribution in [0.1, 0.15) is 23.7 Å². The largest absolute Gasteiger partial charge is 0.493 e. The molecule has 1 aromatic rings. The van der Waals surface area contributed by atoms with Crippen molar-refractivity contribution in [2.24, 2.45) is 0 Å². The normalized spacial score (nSPS) is 10.1. The van der Waals surface area contributed by atoms with Crippen molar-refractivity contribution in [3.8, 4) is 11.5 Å². The lowest BCUT2D eigenvalue weighted by atomic mass is 10.1. The van der Waals surface area contributed by atoms with Gasteiger partial charge in [-0.3, -0.25) is 14.9 Å². The third kappa shape index (κ3) is 4.20. The molecular formula is C13H17NO6. The van der Waals surface area contributed by atoms with Crippen molar-refractivity contribution >= 4 is 12.0 Å². The zero-order valence-corrected chi connectivity index (χ0v) is 11.5. The van der Waals surface area contributed by atoms with Crippen molar-refractivity contribution in [1.82, 2.24) is 0 Å². The first-order valence-corrected chi connectivity index (χ1v) is 6.16. The first-order chi connectivity index (χ1) is 9.63. The molecule has 0 heterocycles. The van der Waals surface area contributed by atoms with Gasteiger partial charge in [0.1, 0.15) is 0 Å². The molecule has 0 spiro atoms. The zero-order valence-electron chi connectivity index (χ0n) is 11.5. The minimum atomic E-state index is -0.629. The molecular weight excluding hydrogens is 266 g/mol. The fourth-order valence-corrected chi connectivity index (χ4v) is 1.58. The van der Waals surface area contributed by atoms with Crippen LogP contribution in [0.4, 0.5) is 5.69 Å². The van der Waals surface area contributed by atoms with Crippen molar-refractivity contribution in [3.63, 3.8) is 0 Å². The number of rotatable bonds is 9. The Labute approximate surface area is 116 Å². The maximum absolute atomic E-state index is 10.9. The highest BCUT2D eigenvalue weighted by Gasteiger charge is 2.19. The van der Waals surface area contributed by atoms with Crippen LogP contribution in [-0.4, -0.2) is 38.1 Å². The minimum absolute atomic E-state index is 0.0477. The molecule has 0 aliphatic rings. The predicted octanol–water partition coefficient (Wildman–Crippen LogP) is 2.22. The number of benzene rings is 1. The van der Waals surface area contributed by atoms with Crippen LogP contribution in [-0.2, 0) is 4.74 Å².